The molecule has 98 valence electrons. The van der Waals surface area contributed by atoms with Gasteiger partial charge in [0, 0.05) is 4.47 Å². The van der Waals surface area contributed by atoms with E-state index in [1.807, 2.05) is 6.07 Å². The predicted molar refractivity (Wildman–Crippen MR) is 80.3 cm³/mol. The molecule has 2 aromatic carbocycles. The number of fused-ring (bicyclic) bond motifs is 1. The standard InChI is InChI=1S/C16H13BrClF/c17-14-7-13(8-15(19)9-14)16(18)12-5-4-10-2-1-3-11(10)6-12/h4-9,16H,1-3H2. The van der Waals surface area contributed by atoms with Crippen LogP contribution in [-0.4, -0.2) is 0 Å². The van der Waals surface area contributed by atoms with Crippen molar-refractivity contribution in [2.75, 3.05) is 0 Å². The summed E-state index contributed by atoms with van der Waals surface area (Å²) in [6, 6.07) is 11.2. The van der Waals surface area contributed by atoms with Crippen LogP contribution in [0, 0.1) is 5.82 Å². The van der Waals surface area contributed by atoms with E-state index < -0.39 is 0 Å². The average molecular weight is 340 g/mol. The van der Waals surface area contributed by atoms with Crippen LogP contribution >= 0.6 is 27.5 Å². The summed E-state index contributed by atoms with van der Waals surface area (Å²) in [6.07, 6.45) is 3.50. The largest absolute Gasteiger partial charge is 0.207 e. The number of aryl methyl sites for hydroxylation is 2. The van der Waals surface area contributed by atoms with Crippen LogP contribution in [0.1, 0.15) is 34.1 Å². The Morgan fingerprint density at radius 2 is 1.79 bits per heavy atom. The van der Waals surface area contributed by atoms with Crippen LogP contribution in [0.4, 0.5) is 4.39 Å². The van der Waals surface area contributed by atoms with Crippen molar-refractivity contribution in [3.8, 4) is 0 Å². The smallest absolute Gasteiger partial charge is 0.124 e. The Hall–Kier alpha value is -0.860. The third-order valence-electron chi connectivity index (χ3n) is 3.59. The molecule has 0 heterocycles. The lowest BCUT2D eigenvalue weighted by Crippen LogP contribution is -1.96. The van der Waals surface area contributed by atoms with Crippen LogP contribution in [0.5, 0.6) is 0 Å². The van der Waals surface area contributed by atoms with E-state index >= 15 is 0 Å². The highest BCUT2D eigenvalue weighted by Gasteiger charge is 2.16. The lowest BCUT2D eigenvalue weighted by molar-refractivity contribution is 0.625. The van der Waals surface area contributed by atoms with Gasteiger partial charge in [-0.1, -0.05) is 34.1 Å². The first-order valence-electron chi connectivity index (χ1n) is 6.35. The van der Waals surface area contributed by atoms with Crippen LogP contribution in [0.2, 0.25) is 0 Å². The molecule has 0 aromatic heterocycles. The van der Waals surface area contributed by atoms with Crippen molar-refractivity contribution in [3.63, 3.8) is 0 Å². The van der Waals surface area contributed by atoms with Gasteiger partial charge in [-0.3, -0.25) is 0 Å². The van der Waals surface area contributed by atoms with E-state index in [9.17, 15) is 4.39 Å². The molecule has 3 rings (SSSR count). The van der Waals surface area contributed by atoms with Crippen molar-refractivity contribution in [3.05, 3.63) is 68.9 Å². The van der Waals surface area contributed by atoms with Gasteiger partial charge in [0.25, 0.3) is 0 Å². The Morgan fingerprint density at radius 3 is 2.58 bits per heavy atom. The SMILES string of the molecule is Fc1cc(Br)cc(C(Cl)c2ccc3c(c2)CCC3)c1. The summed E-state index contributed by atoms with van der Waals surface area (Å²) < 4.78 is 14.2. The maximum Gasteiger partial charge on any atom is 0.124 e. The number of halogens is 3. The molecule has 1 atom stereocenters. The normalized spacial score (nSPS) is 15.3. The second-order valence-electron chi connectivity index (χ2n) is 4.95. The summed E-state index contributed by atoms with van der Waals surface area (Å²) in [6.45, 7) is 0. The summed E-state index contributed by atoms with van der Waals surface area (Å²) in [7, 11) is 0. The highest BCUT2D eigenvalue weighted by atomic mass is 79.9. The predicted octanol–water partition coefficient (Wildman–Crippen LogP) is 5.41. The maximum atomic E-state index is 13.4. The number of hydrogen-bond acceptors (Lipinski definition) is 0. The fourth-order valence-electron chi connectivity index (χ4n) is 2.66. The molecule has 0 fully saturated rings. The van der Waals surface area contributed by atoms with Gasteiger partial charge in [0.15, 0.2) is 0 Å². The first-order chi connectivity index (χ1) is 9.13. The summed E-state index contributed by atoms with van der Waals surface area (Å²) in [5, 5.41) is -0.308. The number of hydrogen-bond donors (Lipinski definition) is 0. The zero-order chi connectivity index (χ0) is 13.4. The Bertz CT molecular complexity index is 604. The van der Waals surface area contributed by atoms with Crippen molar-refractivity contribution in [1.29, 1.82) is 0 Å². The van der Waals surface area contributed by atoms with Crippen LogP contribution in [0.3, 0.4) is 0 Å². The topological polar surface area (TPSA) is 0 Å². The summed E-state index contributed by atoms with van der Waals surface area (Å²) in [4.78, 5) is 0. The second-order valence-corrected chi connectivity index (χ2v) is 6.30. The zero-order valence-electron chi connectivity index (χ0n) is 10.3. The zero-order valence-corrected chi connectivity index (χ0v) is 12.6. The Morgan fingerprint density at radius 1 is 1.00 bits per heavy atom. The Balaban J connectivity index is 1.97. The molecule has 0 saturated heterocycles. The monoisotopic (exact) mass is 338 g/mol. The van der Waals surface area contributed by atoms with Crippen LogP contribution in [-0.2, 0) is 12.8 Å². The van der Waals surface area contributed by atoms with E-state index in [-0.39, 0.29) is 11.2 Å². The van der Waals surface area contributed by atoms with E-state index in [2.05, 4.69) is 34.1 Å². The van der Waals surface area contributed by atoms with Crippen molar-refractivity contribution in [1.82, 2.24) is 0 Å². The Labute approximate surface area is 125 Å². The minimum absolute atomic E-state index is 0.267. The minimum atomic E-state index is -0.308. The van der Waals surface area contributed by atoms with Gasteiger partial charge in [0.2, 0.25) is 0 Å². The molecule has 0 radical (unpaired) electrons. The van der Waals surface area contributed by atoms with Gasteiger partial charge in [0.05, 0.1) is 5.38 Å². The molecule has 1 aliphatic rings. The third kappa shape index (κ3) is 2.70. The average Bonchev–Trinajstić information content (AvgIpc) is 2.83. The van der Waals surface area contributed by atoms with E-state index in [4.69, 9.17) is 11.6 Å². The van der Waals surface area contributed by atoms with E-state index in [1.165, 1.54) is 29.7 Å². The van der Waals surface area contributed by atoms with Gasteiger partial charge in [-0.2, -0.15) is 0 Å². The molecule has 0 amide bonds. The molecule has 0 N–H and O–H groups in total. The van der Waals surface area contributed by atoms with Gasteiger partial charge < -0.3 is 0 Å². The highest BCUT2D eigenvalue weighted by molar-refractivity contribution is 9.10. The van der Waals surface area contributed by atoms with Gasteiger partial charge >= 0.3 is 0 Å². The first-order valence-corrected chi connectivity index (χ1v) is 7.58. The summed E-state index contributed by atoms with van der Waals surface area (Å²) >= 11 is 9.79. The molecule has 0 nitrogen and oxygen atoms in total. The Kier molecular flexibility index (Phi) is 3.64. The van der Waals surface area contributed by atoms with Gasteiger partial charge in [-0.25, -0.2) is 4.39 Å². The molecule has 1 unspecified atom stereocenters. The van der Waals surface area contributed by atoms with E-state index in [1.54, 1.807) is 0 Å². The van der Waals surface area contributed by atoms with Crippen molar-refractivity contribution < 1.29 is 4.39 Å². The van der Waals surface area contributed by atoms with E-state index in [0.717, 1.165) is 24.0 Å². The molecule has 0 bridgehead atoms. The highest BCUT2D eigenvalue weighted by Crippen LogP contribution is 2.33. The van der Waals surface area contributed by atoms with Gasteiger partial charge in [0.1, 0.15) is 5.82 Å². The van der Waals surface area contributed by atoms with Crippen molar-refractivity contribution >= 4 is 27.5 Å². The molecule has 0 spiro atoms. The number of rotatable bonds is 2. The second kappa shape index (κ2) is 5.26. The van der Waals surface area contributed by atoms with Crippen LogP contribution in [0.15, 0.2) is 40.9 Å². The van der Waals surface area contributed by atoms with Gasteiger partial charge in [-0.05, 0) is 59.7 Å². The number of benzene rings is 2. The van der Waals surface area contributed by atoms with Gasteiger partial charge in [-0.15, -0.1) is 11.6 Å². The molecule has 0 saturated carbocycles. The van der Waals surface area contributed by atoms with Crippen molar-refractivity contribution in [2.45, 2.75) is 24.6 Å². The molecular formula is C16H13BrClF. The van der Waals surface area contributed by atoms with Crippen LogP contribution < -0.4 is 0 Å². The number of alkyl halides is 1. The molecule has 0 aliphatic heterocycles. The van der Waals surface area contributed by atoms with Crippen LogP contribution in [0.25, 0.3) is 0 Å². The molecule has 1 aliphatic carbocycles. The molecule has 19 heavy (non-hydrogen) atoms. The summed E-state index contributed by atoms with van der Waals surface area (Å²) in [5.41, 5.74) is 4.64. The third-order valence-corrected chi connectivity index (χ3v) is 4.55. The maximum absolute atomic E-state index is 13.4. The lowest BCUT2D eigenvalue weighted by Gasteiger charge is -2.13. The minimum Gasteiger partial charge on any atom is -0.207 e. The molecule has 2 aromatic rings. The fourth-order valence-corrected chi connectivity index (χ4v) is 3.41. The molecular weight excluding hydrogens is 327 g/mol. The lowest BCUT2D eigenvalue weighted by atomic mass is 10.00. The van der Waals surface area contributed by atoms with E-state index in [0.29, 0.717) is 4.47 Å². The fraction of sp³-hybridized carbons (Fsp3) is 0.250. The summed E-state index contributed by atoms with van der Waals surface area (Å²) in [5.74, 6) is -0.267. The van der Waals surface area contributed by atoms with Crippen molar-refractivity contribution in [2.24, 2.45) is 0 Å². The first kappa shape index (κ1) is 13.1. The molecule has 3 heteroatoms. The quantitative estimate of drug-likeness (QED) is 0.642.